The summed E-state index contributed by atoms with van der Waals surface area (Å²) in [6, 6.07) is 12.5. The maximum atomic E-state index is 5.82. The van der Waals surface area contributed by atoms with Crippen LogP contribution in [0.4, 0.5) is 5.69 Å². The molecule has 0 aliphatic heterocycles. The zero-order valence-electron chi connectivity index (χ0n) is 10.6. The lowest BCUT2D eigenvalue weighted by molar-refractivity contribution is 0.785. The zero-order chi connectivity index (χ0) is 12.8. The SMILES string of the molecule is CCc1ccc(NC(CN)c2cccnc2)cc1. The molecule has 0 aliphatic carbocycles. The number of nitrogens with two attached hydrogens (primary N) is 1. The van der Waals surface area contributed by atoms with E-state index in [0.717, 1.165) is 17.7 Å². The van der Waals surface area contributed by atoms with E-state index in [2.05, 4.69) is 41.5 Å². The summed E-state index contributed by atoms with van der Waals surface area (Å²) in [6.45, 7) is 2.70. The number of anilines is 1. The third-order valence-electron chi connectivity index (χ3n) is 3.03. The van der Waals surface area contributed by atoms with Gasteiger partial charge in [-0.3, -0.25) is 4.98 Å². The summed E-state index contributed by atoms with van der Waals surface area (Å²) in [5.74, 6) is 0. The van der Waals surface area contributed by atoms with E-state index in [1.165, 1.54) is 5.56 Å². The minimum absolute atomic E-state index is 0.103. The molecule has 0 radical (unpaired) electrons. The second kappa shape index (κ2) is 6.17. The summed E-state index contributed by atoms with van der Waals surface area (Å²) in [5.41, 5.74) is 9.36. The third kappa shape index (κ3) is 3.08. The molecular formula is C15H19N3. The van der Waals surface area contributed by atoms with Crippen LogP contribution < -0.4 is 11.1 Å². The summed E-state index contributed by atoms with van der Waals surface area (Å²) >= 11 is 0. The molecule has 2 rings (SSSR count). The van der Waals surface area contributed by atoms with Crippen LogP contribution in [0.5, 0.6) is 0 Å². The molecule has 1 heterocycles. The molecule has 1 atom stereocenters. The van der Waals surface area contributed by atoms with Crippen LogP contribution in [0.15, 0.2) is 48.8 Å². The molecule has 0 bridgehead atoms. The molecule has 0 aliphatic rings. The Bertz CT molecular complexity index is 465. The van der Waals surface area contributed by atoms with E-state index in [0.29, 0.717) is 6.54 Å². The maximum absolute atomic E-state index is 5.82. The minimum atomic E-state index is 0.103. The number of pyridine rings is 1. The first-order chi connectivity index (χ1) is 8.83. The van der Waals surface area contributed by atoms with E-state index in [1.54, 1.807) is 6.20 Å². The fourth-order valence-corrected chi connectivity index (χ4v) is 1.90. The minimum Gasteiger partial charge on any atom is -0.377 e. The first-order valence-corrected chi connectivity index (χ1v) is 6.29. The fourth-order valence-electron chi connectivity index (χ4n) is 1.90. The van der Waals surface area contributed by atoms with Crippen molar-refractivity contribution < 1.29 is 0 Å². The lowest BCUT2D eigenvalue weighted by atomic mass is 10.1. The van der Waals surface area contributed by atoms with Gasteiger partial charge in [-0.1, -0.05) is 25.1 Å². The van der Waals surface area contributed by atoms with Crippen LogP contribution in [0.2, 0.25) is 0 Å². The lowest BCUT2D eigenvalue weighted by Gasteiger charge is -2.18. The summed E-state index contributed by atoms with van der Waals surface area (Å²) in [7, 11) is 0. The maximum Gasteiger partial charge on any atom is 0.0651 e. The van der Waals surface area contributed by atoms with Gasteiger partial charge in [-0.25, -0.2) is 0 Å². The molecule has 0 amide bonds. The quantitative estimate of drug-likeness (QED) is 0.846. The van der Waals surface area contributed by atoms with Crippen LogP contribution in [-0.2, 0) is 6.42 Å². The Labute approximate surface area is 108 Å². The van der Waals surface area contributed by atoms with Crippen molar-refractivity contribution in [3.8, 4) is 0 Å². The van der Waals surface area contributed by atoms with Crippen molar-refractivity contribution >= 4 is 5.69 Å². The normalized spacial score (nSPS) is 12.1. The standard InChI is InChI=1S/C15H19N3/c1-2-12-5-7-14(8-6-12)18-15(10-16)13-4-3-9-17-11-13/h3-9,11,15,18H,2,10,16H2,1H3. The molecule has 0 saturated heterocycles. The average Bonchev–Trinajstić information content (AvgIpc) is 2.46. The van der Waals surface area contributed by atoms with Gasteiger partial charge in [0.15, 0.2) is 0 Å². The Kier molecular flexibility index (Phi) is 4.31. The Balaban J connectivity index is 2.10. The van der Waals surface area contributed by atoms with Gasteiger partial charge in [0.25, 0.3) is 0 Å². The number of rotatable bonds is 5. The van der Waals surface area contributed by atoms with Crippen LogP contribution in [0, 0.1) is 0 Å². The van der Waals surface area contributed by atoms with E-state index in [9.17, 15) is 0 Å². The van der Waals surface area contributed by atoms with Crippen molar-refractivity contribution in [3.63, 3.8) is 0 Å². The number of nitrogens with zero attached hydrogens (tertiary/aromatic N) is 1. The monoisotopic (exact) mass is 241 g/mol. The van der Waals surface area contributed by atoms with E-state index in [4.69, 9.17) is 5.73 Å². The van der Waals surface area contributed by atoms with Gasteiger partial charge in [0.05, 0.1) is 6.04 Å². The lowest BCUT2D eigenvalue weighted by Crippen LogP contribution is -2.20. The molecule has 0 spiro atoms. The topological polar surface area (TPSA) is 50.9 Å². The highest BCUT2D eigenvalue weighted by Gasteiger charge is 2.08. The van der Waals surface area contributed by atoms with Crippen molar-refractivity contribution in [2.24, 2.45) is 5.73 Å². The number of benzene rings is 1. The number of aryl methyl sites for hydroxylation is 1. The van der Waals surface area contributed by atoms with Gasteiger partial charge in [-0.2, -0.15) is 0 Å². The summed E-state index contributed by atoms with van der Waals surface area (Å²) in [6.07, 6.45) is 4.68. The highest BCUT2D eigenvalue weighted by Crippen LogP contribution is 2.18. The van der Waals surface area contributed by atoms with Crippen molar-refractivity contribution in [3.05, 3.63) is 59.9 Å². The van der Waals surface area contributed by atoms with Gasteiger partial charge >= 0.3 is 0 Å². The van der Waals surface area contributed by atoms with Crippen LogP contribution in [-0.4, -0.2) is 11.5 Å². The smallest absolute Gasteiger partial charge is 0.0651 e. The van der Waals surface area contributed by atoms with Gasteiger partial charge in [-0.05, 0) is 35.7 Å². The van der Waals surface area contributed by atoms with Crippen LogP contribution in [0.1, 0.15) is 24.1 Å². The Hall–Kier alpha value is -1.87. The van der Waals surface area contributed by atoms with Crippen LogP contribution in [0.25, 0.3) is 0 Å². The largest absolute Gasteiger partial charge is 0.377 e. The van der Waals surface area contributed by atoms with E-state index >= 15 is 0 Å². The Morgan fingerprint density at radius 1 is 1.22 bits per heavy atom. The highest BCUT2D eigenvalue weighted by atomic mass is 14.9. The molecule has 1 aromatic carbocycles. The van der Waals surface area contributed by atoms with Gasteiger partial charge in [0, 0.05) is 24.6 Å². The average molecular weight is 241 g/mol. The first-order valence-electron chi connectivity index (χ1n) is 6.29. The van der Waals surface area contributed by atoms with E-state index in [1.807, 2.05) is 18.3 Å². The number of hydrogen-bond donors (Lipinski definition) is 2. The zero-order valence-corrected chi connectivity index (χ0v) is 10.6. The van der Waals surface area contributed by atoms with Gasteiger partial charge in [-0.15, -0.1) is 0 Å². The summed E-state index contributed by atoms with van der Waals surface area (Å²) < 4.78 is 0. The summed E-state index contributed by atoms with van der Waals surface area (Å²) in [4.78, 5) is 4.13. The highest BCUT2D eigenvalue weighted by molar-refractivity contribution is 5.46. The van der Waals surface area contributed by atoms with Crippen LogP contribution >= 0.6 is 0 Å². The molecule has 18 heavy (non-hydrogen) atoms. The van der Waals surface area contributed by atoms with E-state index < -0.39 is 0 Å². The number of nitrogens with one attached hydrogen (secondary N) is 1. The van der Waals surface area contributed by atoms with Gasteiger partial charge in [0.1, 0.15) is 0 Å². The predicted octanol–water partition coefficient (Wildman–Crippen LogP) is 2.76. The van der Waals surface area contributed by atoms with Crippen LogP contribution in [0.3, 0.4) is 0 Å². The Morgan fingerprint density at radius 2 is 2.00 bits per heavy atom. The molecule has 0 fully saturated rings. The molecule has 3 heteroatoms. The number of aromatic nitrogens is 1. The van der Waals surface area contributed by atoms with Gasteiger partial charge < -0.3 is 11.1 Å². The Morgan fingerprint density at radius 3 is 2.56 bits per heavy atom. The second-order valence-electron chi connectivity index (χ2n) is 4.27. The van der Waals surface area contributed by atoms with E-state index in [-0.39, 0.29) is 6.04 Å². The third-order valence-corrected chi connectivity index (χ3v) is 3.03. The molecule has 3 nitrogen and oxygen atoms in total. The van der Waals surface area contributed by atoms with Gasteiger partial charge in [0.2, 0.25) is 0 Å². The van der Waals surface area contributed by atoms with Crippen molar-refractivity contribution in [2.75, 3.05) is 11.9 Å². The molecule has 1 aromatic heterocycles. The molecular weight excluding hydrogens is 222 g/mol. The fraction of sp³-hybridized carbons (Fsp3) is 0.267. The molecule has 1 unspecified atom stereocenters. The second-order valence-corrected chi connectivity index (χ2v) is 4.27. The van der Waals surface area contributed by atoms with Crippen molar-refractivity contribution in [1.82, 2.24) is 4.98 Å². The molecule has 3 N–H and O–H groups in total. The van der Waals surface area contributed by atoms with Crippen molar-refractivity contribution in [2.45, 2.75) is 19.4 Å². The summed E-state index contributed by atoms with van der Waals surface area (Å²) in [5, 5.41) is 3.43. The molecule has 94 valence electrons. The van der Waals surface area contributed by atoms with Crippen molar-refractivity contribution in [1.29, 1.82) is 0 Å². The number of hydrogen-bond acceptors (Lipinski definition) is 3. The molecule has 0 saturated carbocycles. The molecule has 2 aromatic rings. The first kappa shape index (κ1) is 12.6. The predicted molar refractivity (Wildman–Crippen MR) is 75.5 cm³/mol.